The first-order valence-corrected chi connectivity index (χ1v) is 11.2. The molecule has 0 fully saturated rings. The number of hydrogen-bond acceptors (Lipinski definition) is 4. The van der Waals surface area contributed by atoms with Crippen LogP contribution in [0.4, 0.5) is 11.4 Å². The third kappa shape index (κ3) is 7.89. The summed E-state index contributed by atoms with van der Waals surface area (Å²) in [5.74, 6) is 11.7. The predicted octanol–water partition coefficient (Wildman–Crippen LogP) is 7.08. The lowest BCUT2D eigenvalue weighted by molar-refractivity contribution is 0.300. The van der Waals surface area contributed by atoms with Crippen molar-refractivity contribution in [2.75, 3.05) is 26.2 Å². The first-order valence-electron chi connectivity index (χ1n) is 10.4. The Morgan fingerprint density at radius 1 is 0.656 bits per heavy atom. The molecule has 32 heavy (non-hydrogen) atoms. The second-order valence-electron chi connectivity index (χ2n) is 6.48. The third-order valence-corrected chi connectivity index (χ3v) is 4.86. The van der Waals surface area contributed by atoms with Crippen LogP contribution in [0.3, 0.4) is 0 Å². The fourth-order valence-electron chi connectivity index (χ4n) is 2.51. The van der Waals surface area contributed by atoms with E-state index in [1.165, 1.54) is 0 Å². The van der Waals surface area contributed by atoms with Crippen LogP contribution in [0.15, 0.2) is 57.1 Å². The Bertz CT molecular complexity index is 994. The Labute approximate surface area is 200 Å². The van der Waals surface area contributed by atoms with Crippen LogP contribution in [-0.2, 0) is 0 Å². The highest BCUT2D eigenvalue weighted by molar-refractivity contribution is 6.31. The summed E-state index contributed by atoms with van der Waals surface area (Å²) in [4.78, 5) is 0. The van der Waals surface area contributed by atoms with Crippen LogP contribution in [0, 0.1) is 23.7 Å². The van der Waals surface area contributed by atoms with Gasteiger partial charge in [0.2, 0.25) is 0 Å². The van der Waals surface area contributed by atoms with Crippen molar-refractivity contribution in [3.8, 4) is 23.7 Å². The van der Waals surface area contributed by atoms with Gasteiger partial charge in [-0.2, -0.15) is 0 Å². The van der Waals surface area contributed by atoms with Crippen molar-refractivity contribution in [1.29, 1.82) is 0 Å². The maximum absolute atomic E-state index is 6.14. The molecular formula is C24H26Cl2N6. The van der Waals surface area contributed by atoms with Crippen molar-refractivity contribution in [2.45, 2.75) is 27.7 Å². The van der Waals surface area contributed by atoms with Gasteiger partial charge in [0.1, 0.15) is 11.4 Å². The lowest BCUT2D eigenvalue weighted by Gasteiger charge is -2.11. The van der Waals surface area contributed by atoms with E-state index in [2.05, 4.69) is 44.4 Å². The minimum Gasteiger partial charge on any atom is -0.279 e. The third-order valence-electron chi connectivity index (χ3n) is 4.39. The van der Waals surface area contributed by atoms with Gasteiger partial charge in [0.05, 0.1) is 11.1 Å². The zero-order valence-corrected chi connectivity index (χ0v) is 20.2. The Hall–Kier alpha value is -3.06. The number of hydrogen-bond donors (Lipinski definition) is 0. The lowest BCUT2D eigenvalue weighted by Crippen LogP contribution is -2.14. The van der Waals surface area contributed by atoms with Crippen molar-refractivity contribution in [3.05, 3.63) is 57.6 Å². The molecule has 0 amide bonds. The van der Waals surface area contributed by atoms with E-state index in [0.29, 0.717) is 32.5 Å². The highest BCUT2D eigenvalue weighted by Gasteiger charge is 2.03. The van der Waals surface area contributed by atoms with Gasteiger partial charge in [-0.15, -0.1) is 10.2 Å². The largest absolute Gasteiger partial charge is 0.279 e. The summed E-state index contributed by atoms with van der Waals surface area (Å²) in [5, 5.41) is 21.9. The summed E-state index contributed by atoms with van der Waals surface area (Å²) in [6.07, 6.45) is 0. The molecule has 0 saturated carbocycles. The van der Waals surface area contributed by atoms with E-state index in [9.17, 15) is 0 Å². The summed E-state index contributed by atoms with van der Waals surface area (Å²) < 4.78 is 0. The molecule has 2 aromatic carbocycles. The molecule has 0 unspecified atom stereocenters. The number of nitrogens with zero attached hydrogens (tertiary/aromatic N) is 6. The molecule has 6 nitrogen and oxygen atoms in total. The van der Waals surface area contributed by atoms with E-state index in [1.807, 2.05) is 37.7 Å². The SMILES string of the molecule is CCN(CC)N=Nc1ccc(Cl)cc1C#CC#Cc1cc(Cl)ccc1N=NN(CC)CC. The average Bonchev–Trinajstić information content (AvgIpc) is 2.80. The molecule has 0 aromatic heterocycles. The minimum atomic E-state index is 0.568. The standard InChI is InChI=1S/C24H26Cl2N6/c1-5-31(6-2)29-27-23-15-13-21(25)17-19(23)11-9-10-12-20-18-22(26)14-16-24(20)28-30-32(7-3)8-4/h13-18H,5-8H2,1-4H3. The molecule has 0 saturated heterocycles. The normalized spacial score (nSPS) is 10.6. The molecule has 0 aliphatic carbocycles. The summed E-state index contributed by atoms with van der Waals surface area (Å²) in [7, 11) is 0. The van der Waals surface area contributed by atoms with Crippen LogP contribution in [0.1, 0.15) is 38.8 Å². The molecular weight excluding hydrogens is 443 g/mol. The summed E-state index contributed by atoms with van der Waals surface area (Å²) in [6.45, 7) is 11.2. The number of benzene rings is 2. The van der Waals surface area contributed by atoms with Crippen molar-refractivity contribution in [3.63, 3.8) is 0 Å². The first kappa shape index (κ1) is 25.2. The van der Waals surface area contributed by atoms with Crippen LogP contribution >= 0.6 is 23.2 Å². The van der Waals surface area contributed by atoms with Gasteiger partial charge in [0.15, 0.2) is 0 Å². The van der Waals surface area contributed by atoms with Crippen LogP contribution in [0.5, 0.6) is 0 Å². The van der Waals surface area contributed by atoms with E-state index < -0.39 is 0 Å². The first-order chi connectivity index (χ1) is 15.5. The molecule has 0 aliphatic rings. The van der Waals surface area contributed by atoms with Crippen LogP contribution in [0.2, 0.25) is 10.0 Å². The van der Waals surface area contributed by atoms with E-state index in [4.69, 9.17) is 23.2 Å². The van der Waals surface area contributed by atoms with Gasteiger partial charge in [-0.25, -0.2) is 0 Å². The van der Waals surface area contributed by atoms with Crippen molar-refractivity contribution < 1.29 is 0 Å². The highest BCUT2D eigenvalue weighted by atomic mass is 35.5. The monoisotopic (exact) mass is 468 g/mol. The van der Waals surface area contributed by atoms with E-state index >= 15 is 0 Å². The fraction of sp³-hybridized carbons (Fsp3) is 0.333. The van der Waals surface area contributed by atoms with Crippen molar-refractivity contribution >= 4 is 34.6 Å². The minimum absolute atomic E-state index is 0.568. The Kier molecular flexibility index (Phi) is 10.5. The molecule has 8 heteroatoms. The zero-order chi connectivity index (χ0) is 23.3. The Morgan fingerprint density at radius 3 is 1.38 bits per heavy atom. The topological polar surface area (TPSA) is 55.9 Å². The highest BCUT2D eigenvalue weighted by Crippen LogP contribution is 2.24. The number of halogens is 2. The Balaban J connectivity index is 2.32. The van der Waals surface area contributed by atoms with Crippen molar-refractivity contribution in [2.24, 2.45) is 20.7 Å². The van der Waals surface area contributed by atoms with E-state index in [0.717, 1.165) is 26.2 Å². The van der Waals surface area contributed by atoms with Crippen molar-refractivity contribution in [1.82, 2.24) is 10.0 Å². The van der Waals surface area contributed by atoms with Gasteiger partial charge in [0.25, 0.3) is 0 Å². The molecule has 2 aromatic rings. The molecule has 0 atom stereocenters. The molecule has 0 radical (unpaired) electrons. The fourth-order valence-corrected chi connectivity index (χ4v) is 2.86. The van der Waals surface area contributed by atoms with Gasteiger partial charge in [0, 0.05) is 36.2 Å². The molecule has 0 N–H and O–H groups in total. The Morgan fingerprint density at radius 2 is 1.03 bits per heavy atom. The second kappa shape index (κ2) is 13.4. The second-order valence-corrected chi connectivity index (χ2v) is 7.35. The maximum atomic E-state index is 6.14. The molecule has 166 valence electrons. The number of rotatable bonds is 8. The molecule has 0 spiro atoms. The van der Waals surface area contributed by atoms with Crippen LogP contribution < -0.4 is 0 Å². The predicted molar refractivity (Wildman–Crippen MR) is 132 cm³/mol. The molecule has 0 bridgehead atoms. The van der Waals surface area contributed by atoms with E-state index in [-0.39, 0.29) is 0 Å². The molecule has 0 aliphatic heterocycles. The van der Waals surface area contributed by atoms with Gasteiger partial charge >= 0.3 is 0 Å². The zero-order valence-electron chi connectivity index (χ0n) is 18.7. The average molecular weight is 469 g/mol. The van der Waals surface area contributed by atoms with Gasteiger partial charge in [-0.3, -0.25) is 10.0 Å². The van der Waals surface area contributed by atoms with Crippen LogP contribution in [-0.4, -0.2) is 36.2 Å². The van der Waals surface area contributed by atoms with E-state index in [1.54, 1.807) is 36.4 Å². The van der Waals surface area contributed by atoms with Gasteiger partial charge < -0.3 is 0 Å². The quantitative estimate of drug-likeness (QED) is 0.236. The maximum Gasteiger partial charge on any atom is 0.103 e. The molecule has 2 rings (SSSR count). The smallest absolute Gasteiger partial charge is 0.103 e. The van der Waals surface area contributed by atoms with Crippen LogP contribution in [0.25, 0.3) is 0 Å². The van der Waals surface area contributed by atoms with Gasteiger partial charge in [-0.1, -0.05) is 45.5 Å². The lowest BCUT2D eigenvalue weighted by atomic mass is 10.1. The molecule has 0 heterocycles. The summed E-state index contributed by atoms with van der Waals surface area (Å²) in [6, 6.07) is 10.6. The summed E-state index contributed by atoms with van der Waals surface area (Å²) >= 11 is 12.3. The summed E-state index contributed by atoms with van der Waals surface area (Å²) in [5.41, 5.74) is 2.56. The van der Waals surface area contributed by atoms with Gasteiger partial charge in [-0.05, 0) is 75.9 Å².